The lowest BCUT2D eigenvalue weighted by Crippen LogP contribution is -2.48. The molecule has 1 aliphatic rings. The maximum Gasteiger partial charge on any atom is 0.261 e. The molecule has 0 spiro atoms. The normalized spacial score (nSPS) is 14.3. The van der Waals surface area contributed by atoms with Crippen LogP contribution in [0.15, 0.2) is 52.4 Å². The average molecular weight is 511 g/mol. The third kappa shape index (κ3) is 5.64. The summed E-state index contributed by atoms with van der Waals surface area (Å²) in [5, 5.41) is 0.448. The first-order valence-corrected chi connectivity index (χ1v) is 13.7. The largest absolute Gasteiger partial charge is 0.368 e. The number of hydrogen-bond donors (Lipinski definition) is 0. The van der Waals surface area contributed by atoms with Crippen molar-refractivity contribution in [2.45, 2.75) is 38.1 Å². The van der Waals surface area contributed by atoms with Crippen molar-refractivity contribution >= 4 is 38.1 Å². The van der Waals surface area contributed by atoms with E-state index in [1.54, 1.807) is 49.1 Å². The van der Waals surface area contributed by atoms with Gasteiger partial charge in [0, 0.05) is 51.5 Å². The van der Waals surface area contributed by atoms with Crippen LogP contribution in [0.2, 0.25) is 0 Å². The van der Waals surface area contributed by atoms with E-state index in [1.807, 2.05) is 6.07 Å². The molecular formula is C26H30N4O5S. The number of hydrogen-bond acceptors (Lipinski definition) is 7. The molecule has 10 heteroatoms. The summed E-state index contributed by atoms with van der Waals surface area (Å²) < 4.78 is 24.9. The van der Waals surface area contributed by atoms with E-state index in [2.05, 4.69) is 9.88 Å². The van der Waals surface area contributed by atoms with Crippen molar-refractivity contribution in [1.29, 1.82) is 0 Å². The van der Waals surface area contributed by atoms with Gasteiger partial charge >= 0.3 is 0 Å². The molecule has 0 radical (unpaired) electrons. The van der Waals surface area contributed by atoms with Gasteiger partial charge in [0.15, 0.2) is 15.6 Å². The van der Waals surface area contributed by atoms with Gasteiger partial charge in [0.25, 0.3) is 5.56 Å². The molecule has 9 nitrogen and oxygen atoms in total. The van der Waals surface area contributed by atoms with Crippen LogP contribution < -0.4 is 10.5 Å². The average Bonchev–Trinajstić information content (AvgIpc) is 2.83. The van der Waals surface area contributed by atoms with E-state index in [0.717, 1.165) is 11.3 Å². The Morgan fingerprint density at radius 2 is 1.75 bits per heavy atom. The number of anilines is 1. The van der Waals surface area contributed by atoms with Crippen molar-refractivity contribution < 1.29 is 18.0 Å². The van der Waals surface area contributed by atoms with Gasteiger partial charge in [-0.15, -0.1) is 0 Å². The standard InChI is InChI=1S/C26H30N4O5S/c1-18-14-20(5-9-25(18)36(3,34)35)4-7-22(32)16-30-17-27-24-8-6-21(15-23(24)26(30)33)29-12-10-28(11-13-29)19(2)31/h5-6,8-9,14-15,17H,4,7,10-13,16H2,1-3H3. The molecule has 190 valence electrons. The van der Waals surface area contributed by atoms with Gasteiger partial charge in [-0.05, 0) is 48.7 Å². The van der Waals surface area contributed by atoms with Crippen molar-refractivity contribution in [2.24, 2.45) is 0 Å². The molecular weight excluding hydrogens is 480 g/mol. The summed E-state index contributed by atoms with van der Waals surface area (Å²) in [7, 11) is -3.29. The van der Waals surface area contributed by atoms with Gasteiger partial charge in [0.2, 0.25) is 5.91 Å². The molecule has 36 heavy (non-hydrogen) atoms. The second kappa shape index (κ2) is 10.2. The Labute approximate surface area is 210 Å². The van der Waals surface area contributed by atoms with Crippen LogP contribution in [0.25, 0.3) is 10.9 Å². The topological polar surface area (TPSA) is 110 Å². The van der Waals surface area contributed by atoms with Crippen LogP contribution in [0.4, 0.5) is 5.69 Å². The zero-order valence-electron chi connectivity index (χ0n) is 20.7. The van der Waals surface area contributed by atoms with Gasteiger partial charge in [0.1, 0.15) is 0 Å². The first kappa shape index (κ1) is 25.6. The van der Waals surface area contributed by atoms with Crippen molar-refractivity contribution in [3.8, 4) is 0 Å². The quantitative estimate of drug-likeness (QED) is 0.478. The molecule has 1 fully saturated rings. The SMILES string of the molecule is CC(=O)N1CCN(c2ccc3ncn(CC(=O)CCc4ccc(S(C)(=O)=O)c(C)c4)c(=O)c3c2)CC1. The van der Waals surface area contributed by atoms with Gasteiger partial charge in [-0.1, -0.05) is 12.1 Å². The van der Waals surface area contributed by atoms with Gasteiger partial charge in [0.05, 0.1) is 28.7 Å². The van der Waals surface area contributed by atoms with Crippen molar-refractivity contribution in [2.75, 3.05) is 37.3 Å². The number of carbonyl (C=O) groups is 2. The van der Waals surface area contributed by atoms with Crippen molar-refractivity contribution in [3.05, 3.63) is 64.2 Å². The van der Waals surface area contributed by atoms with Crippen molar-refractivity contribution in [1.82, 2.24) is 14.5 Å². The second-order valence-corrected chi connectivity index (χ2v) is 11.3. The monoisotopic (exact) mass is 510 g/mol. The molecule has 0 N–H and O–H groups in total. The van der Waals surface area contributed by atoms with Crippen LogP contribution in [-0.4, -0.2) is 67.0 Å². The van der Waals surface area contributed by atoms with Crippen LogP contribution in [-0.2, 0) is 32.4 Å². The van der Waals surface area contributed by atoms with E-state index >= 15 is 0 Å². The first-order chi connectivity index (χ1) is 17.0. The fraction of sp³-hybridized carbons (Fsp3) is 0.385. The molecule has 3 aromatic rings. The maximum atomic E-state index is 13.1. The highest BCUT2D eigenvalue weighted by molar-refractivity contribution is 7.90. The number of carbonyl (C=O) groups excluding carboxylic acids is 2. The Hall–Kier alpha value is -3.53. The highest BCUT2D eigenvalue weighted by Crippen LogP contribution is 2.21. The van der Waals surface area contributed by atoms with E-state index in [4.69, 9.17) is 0 Å². The Kier molecular flexibility index (Phi) is 7.26. The zero-order chi connectivity index (χ0) is 26.0. The molecule has 0 saturated carbocycles. The third-order valence-electron chi connectivity index (χ3n) is 6.58. The van der Waals surface area contributed by atoms with E-state index in [-0.39, 0.29) is 35.1 Å². The van der Waals surface area contributed by atoms with Crippen LogP contribution >= 0.6 is 0 Å². The number of aromatic nitrogens is 2. The predicted molar refractivity (Wildman–Crippen MR) is 138 cm³/mol. The third-order valence-corrected chi connectivity index (χ3v) is 7.83. The minimum Gasteiger partial charge on any atom is -0.368 e. The Morgan fingerprint density at radius 1 is 1.03 bits per heavy atom. The lowest BCUT2D eigenvalue weighted by molar-refractivity contribution is -0.129. The van der Waals surface area contributed by atoms with Crippen LogP contribution in [0.5, 0.6) is 0 Å². The minimum atomic E-state index is -3.29. The number of amides is 1. The molecule has 2 heterocycles. The van der Waals surface area contributed by atoms with Crippen LogP contribution in [0.1, 0.15) is 24.5 Å². The first-order valence-electron chi connectivity index (χ1n) is 11.8. The summed E-state index contributed by atoms with van der Waals surface area (Å²) in [4.78, 5) is 46.0. The van der Waals surface area contributed by atoms with Gasteiger partial charge in [-0.2, -0.15) is 0 Å². The number of benzene rings is 2. The van der Waals surface area contributed by atoms with E-state index < -0.39 is 9.84 Å². The summed E-state index contributed by atoms with van der Waals surface area (Å²) in [6.07, 6.45) is 3.25. The van der Waals surface area contributed by atoms with Crippen molar-refractivity contribution in [3.63, 3.8) is 0 Å². The summed E-state index contributed by atoms with van der Waals surface area (Å²) in [5.41, 5.74) is 2.70. The molecule has 1 aromatic heterocycles. The molecule has 1 saturated heterocycles. The lowest BCUT2D eigenvalue weighted by Gasteiger charge is -2.35. The molecule has 1 amide bonds. The van der Waals surface area contributed by atoms with Gasteiger partial charge in [-0.3, -0.25) is 19.0 Å². The molecule has 0 atom stereocenters. The second-order valence-electron chi connectivity index (χ2n) is 9.28. The fourth-order valence-electron chi connectivity index (χ4n) is 4.57. The Bertz CT molecular complexity index is 1490. The zero-order valence-corrected chi connectivity index (χ0v) is 21.5. The van der Waals surface area contributed by atoms with Gasteiger partial charge in [-0.25, -0.2) is 13.4 Å². The van der Waals surface area contributed by atoms with Crippen LogP contribution in [0.3, 0.4) is 0 Å². The maximum absolute atomic E-state index is 13.1. The number of sulfone groups is 1. The molecule has 0 unspecified atom stereocenters. The summed E-state index contributed by atoms with van der Waals surface area (Å²) in [5.74, 6) is -0.0504. The minimum absolute atomic E-state index is 0.0611. The van der Waals surface area contributed by atoms with Gasteiger partial charge < -0.3 is 9.80 Å². The molecule has 2 aromatic carbocycles. The predicted octanol–water partition coefficient (Wildman–Crippen LogP) is 1.98. The number of Topliss-reactive ketones (excluding diaryl/α,β-unsaturated/α-hetero) is 1. The van der Waals surface area contributed by atoms with E-state index in [1.165, 1.54) is 17.2 Å². The number of fused-ring (bicyclic) bond motifs is 1. The lowest BCUT2D eigenvalue weighted by atomic mass is 10.1. The van der Waals surface area contributed by atoms with E-state index in [0.29, 0.717) is 49.1 Å². The summed E-state index contributed by atoms with van der Waals surface area (Å²) in [6.45, 7) is 5.86. The summed E-state index contributed by atoms with van der Waals surface area (Å²) in [6, 6.07) is 10.6. The number of aryl methyl sites for hydroxylation is 2. The number of rotatable bonds is 7. The Morgan fingerprint density at radius 3 is 2.39 bits per heavy atom. The molecule has 0 bridgehead atoms. The van der Waals surface area contributed by atoms with E-state index in [9.17, 15) is 22.8 Å². The number of piperazine rings is 1. The Balaban J connectivity index is 1.45. The molecule has 0 aliphatic carbocycles. The summed E-state index contributed by atoms with van der Waals surface area (Å²) >= 11 is 0. The van der Waals surface area contributed by atoms with Crippen LogP contribution in [0, 0.1) is 6.92 Å². The highest BCUT2D eigenvalue weighted by Gasteiger charge is 2.20. The number of ketones is 1. The molecule has 1 aliphatic heterocycles. The fourth-order valence-corrected chi connectivity index (χ4v) is 5.53. The smallest absolute Gasteiger partial charge is 0.261 e. The molecule has 4 rings (SSSR count). The highest BCUT2D eigenvalue weighted by atomic mass is 32.2. The number of nitrogens with zero attached hydrogens (tertiary/aromatic N) is 4.